The van der Waals surface area contributed by atoms with Crippen molar-refractivity contribution in [3.8, 4) is 0 Å². The van der Waals surface area contributed by atoms with Crippen LogP contribution >= 0.6 is 0 Å². The average Bonchev–Trinajstić information content (AvgIpc) is 3.10. The van der Waals surface area contributed by atoms with E-state index in [1.807, 2.05) is 66.4 Å². The van der Waals surface area contributed by atoms with Gasteiger partial charge < -0.3 is 4.42 Å². The summed E-state index contributed by atoms with van der Waals surface area (Å²) in [5.41, 5.74) is 4.19. The molecule has 0 radical (unpaired) electrons. The first-order valence-electron chi connectivity index (χ1n) is 7.76. The normalized spacial score (nSPS) is 17.2. The highest BCUT2D eigenvalue weighted by molar-refractivity contribution is 6.06. The Labute approximate surface area is 135 Å². The number of anilines is 2. The summed E-state index contributed by atoms with van der Waals surface area (Å²) in [6.07, 6.45) is 2.30. The summed E-state index contributed by atoms with van der Waals surface area (Å²) in [4.78, 5) is 14.9. The van der Waals surface area contributed by atoms with Crippen LogP contribution in [-0.4, -0.2) is 5.91 Å². The van der Waals surface area contributed by atoms with E-state index in [0.717, 1.165) is 22.7 Å². The van der Waals surface area contributed by atoms with Crippen LogP contribution in [0.15, 0.2) is 71.3 Å². The Bertz CT molecular complexity index is 834. The summed E-state index contributed by atoms with van der Waals surface area (Å²) in [6.45, 7) is 2.04. The summed E-state index contributed by atoms with van der Waals surface area (Å²) in [6, 6.07) is 19.8. The fourth-order valence-corrected chi connectivity index (χ4v) is 3.16. The van der Waals surface area contributed by atoms with Gasteiger partial charge in [-0.2, -0.15) is 0 Å². The van der Waals surface area contributed by atoms with Gasteiger partial charge >= 0.3 is 0 Å². The maximum Gasteiger partial charge on any atom is 0.242 e. The molecule has 0 bridgehead atoms. The van der Waals surface area contributed by atoms with Crippen LogP contribution in [0.5, 0.6) is 0 Å². The number of amides is 1. The summed E-state index contributed by atoms with van der Waals surface area (Å²) >= 11 is 0. The summed E-state index contributed by atoms with van der Waals surface area (Å²) in [5.74, 6) is 0.505. The zero-order valence-corrected chi connectivity index (χ0v) is 12.9. The van der Waals surface area contributed by atoms with Gasteiger partial charge in [-0.3, -0.25) is 9.69 Å². The predicted octanol–water partition coefficient (Wildman–Crippen LogP) is 4.59. The summed E-state index contributed by atoms with van der Waals surface area (Å²) in [7, 11) is 0. The van der Waals surface area contributed by atoms with Gasteiger partial charge in [0.2, 0.25) is 5.91 Å². The van der Waals surface area contributed by atoms with Crippen LogP contribution in [0.3, 0.4) is 0 Å². The molecule has 0 N–H and O–H groups in total. The minimum atomic E-state index is -0.277. The molecule has 3 aromatic rings. The van der Waals surface area contributed by atoms with Crippen molar-refractivity contribution in [3.05, 3.63) is 83.8 Å². The van der Waals surface area contributed by atoms with Gasteiger partial charge in [-0.1, -0.05) is 35.9 Å². The van der Waals surface area contributed by atoms with Crippen molar-refractivity contribution in [1.82, 2.24) is 0 Å². The van der Waals surface area contributed by atoms with E-state index in [4.69, 9.17) is 4.42 Å². The van der Waals surface area contributed by atoms with Gasteiger partial charge in [-0.15, -0.1) is 0 Å². The summed E-state index contributed by atoms with van der Waals surface area (Å²) < 4.78 is 5.51. The van der Waals surface area contributed by atoms with E-state index in [-0.39, 0.29) is 11.8 Å². The van der Waals surface area contributed by atoms with Gasteiger partial charge in [-0.25, -0.2) is 0 Å². The first-order valence-corrected chi connectivity index (χ1v) is 7.76. The predicted molar refractivity (Wildman–Crippen MR) is 89.9 cm³/mol. The highest BCUT2D eigenvalue weighted by Gasteiger charge is 2.36. The molecule has 0 spiro atoms. The lowest BCUT2D eigenvalue weighted by atomic mass is 9.89. The molecule has 1 atom stereocenters. The Kier molecular flexibility index (Phi) is 3.27. The maximum absolute atomic E-state index is 13.1. The van der Waals surface area contributed by atoms with Gasteiger partial charge in [0.05, 0.1) is 12.0 Å². The first kappa shape index (κ1) is 13.8. The van der Waals surface area contributed by atoms with Crippen molar-refractivity contribution in [2.45, 2.75) is 19.3 Å². The molecule has 23 heavy (non-hydrogen) atoms. The second kappa shape index (κ2) is 5.43. The molecule has 1 amide bonds. The third-order valence-electron chi connectivity index (χ3n) is 4.35. The largest absolute Gasteiger partial charge is 0.469 e. The highest BCUT2D eigenvalue weighted by Crippen LogP contribution is 2.39. The number of hydrogen-bond donors (Lipinski definition) is 0. The Hall–Kier alpha value is -2.81. The Morgan fingerprint density at radius 3 is 2.52 bits per heavy atom. The third-order valence-corrected chi connectivity index (χ3v) is 4.35. The molecule has 1 unspecified atom stereocenters. The van der Waals surface area contributed by atoms with Crippen LogP contribution in [0.1, 0.15) is 22.8 Å². The van der Waals surface area contributed by atoms with Crippen LogP contribution < -0.4 is 4.90 Å². The minimum absolute atomic E-state index is 0.0579. The molecule has 0 fully saturated rings. The van der Waals surface area contributed by atoms with Crippen molar-refractivity contribution in [2.24, 2.45) is 0 Å². The van der Waals surface area contributed by atoms with Crippen molar-refractivity contribution < 1.29 is 9.21 Å². The zero-order valence-electron chi connectivity index (χ0n) is 12.9. The number of para-hydroxylation sites is 1. The molecule has 0 saturated heterocycles. The van der Waals surface area contributed by atoms with E-state index in [1.165, 1.54) is 5.56 Å². The van der Waals surface area contributed by atoms with E-state index in [0.29, 0.717) is 6.42 Å². The lowest BCUT2D eigenvalue weighted by Crippen LogP contribution is -2.36. The fourth-order valence-electron chi connectivity index (χ4n) is 3.16. The van der Waals surface area contributed by atoms with E-state index >= 15 is 0 Å². The Morgan fingerprint density at radius 1 is 1.00 bits per heavy atom. The molecule has 0 aliphatic carbocycles. The van der Waals surface area contributed by atoms with E-state index < -0.39 is 0 Å². The van der Waals surface area contributed by atoms with Crippen molar-refractivity contribution >= 4 is 17.3 Å². The highest BCUT2D eigenvalue weighted by atomic mass is 16.3. The Balaban J connectivity index is 1.85. The van der Waals surface area contributed by atoms with Gasteiger partial charge in [0, 0.05) is 5.69 Å². The molecule has 4 rings (SSSR count). The third kappa shape index (κ3) is 2.34. The number of aryl methyl sites for hydroxylation is 1. The number of fused-ring (bicyclic) bond motifs is 1. The zero-order chi connectivity index (χ0) is 15.8. The van der Waals surface area contributed by atoms with Crippen LogP contribution in [0.2, 0.25) is 0 Å². The topological polar surface area (TPSA) is 33.5 Å². The first-order chi connectivity index (χ1) is 11.2. The monoisotopic (exact) mass is 303 g/mol. The lowest BCUT2D eigenvalue weighted by Gasteiger charge is -2.33. The molecule has 2 aromatic carbocycles. The average molecular weight is 303 g/mol. The molecular weight excluding hydrogens is 286 g/mol. The number of carbonyl (C=O) groups excluding carboxylic acids is 1. The molecule has 0 saturated carbocycles. The Morgan fingerprint density at radius 2 is 1.78 bits per heavy atom. The molecule has 3 nitrogen and oxygen atoms in total. The molecule has 2 heterocycles. The van der Waals surface area contributed by atoms with Crippen molar-refractivity contribution in [1.29, 1.82) is 0 Å². The maximum atomic E-state index is 13.1. The van der Waals surface area contributed by atoms with Crippen LogP contribution in [0.25, 0.3) is 0 Å². The molecule has 1 aliphatic heterocycles. The second-order valence-corrected chi connectivity index (χ2v) is 5.91. The summed E-state index contributed by atoms with van der Waals surface area (Å²) in [5, 5.41) is 0. The number of furan rings is 1. The fraction of sp³-hybridized carbons (Fsp3) is 0.150. The van der Waals surface area contributed by atoms with Crippen LogP contribution in [-0.2, 0) is 11.2 Å². The number of benzene rings is 2. The van der Waals surface area contributed by atoms with Gasteiger partial charge in [-0.05, 0) is 49.2 Å². The SMILES string of the molecule is Cc1ccc(N2C(=O)C(c3ccco3)Cc3ccccc32)cc1. The number of hydrogen-bond acceptors (Lipinski definition) is 2. The van der Waals surface area contributed by atoms with E-state index in [9.17, 15) is 4.79 Å². The molecular formula is C20H17NO2. The minimum Gasteiger partial charge on any atom is -0.469 e. The number of rotatable bonds is 2. The molecule has 114 valence electrons. The molecule has 1 aliphatic rings. The van der Waals surface area contributed by atoms with Crippen LogP contribution in [0, 0.1) is 6.92 Å². The number of nitrogens with zero attached hydrogens (tertiary/aromatic N) is 1. The van der Waals surface area contributed by atoms with Gasteiger partial charge in [0.25, 0.3) is 0 Å². The lowest BCUT2D eigenvalue weighted by molar-refractivity contribution is -0.120. The van der Waals surface area contributed by atoms with Gasteiger partial charge in [0.15, 0.2) is 0 Å². The quantitative estimate of drug-likeness (QED) is 0.693. The molecule has 3 heteroatoms. The van der Waals surface area contributed by atoms with Crippen LogP contribution in [0.4, 0.5) is 11.4 Å². The number of carbonyl (C=O) groups is 1. The standard InChI is InChI=1S/C20H17NO2/c1-14-8-10-16(11-9-14)21-18-6-3-2-5-15(18)13-17(20(21)22)19-7-4-12-23-19/h2-12,17H,13H2,1H3. The van der Waals surface area contributed by atoms with Gasteiger partial charge in [0.1, 0.15) is 11.7 Å². The van der Waals surface area contributed by atoms with E-state index in [1.54, 1.807) is 6.26 Å². The van der Waals surface area contributed by atoms with E-state index in [2.05, 4.69) is 6.07 Å². The smallest absolute Gasteiger partial charge is 0.242 e. The van der Waals surface area contributed by atoms with Crippen molar-refractivity contribution in [2.75, 3.05) is 4.90 Å². The second-order valence-electron chi connectivity index (χ2n) is 5.91. The van der Waals surface area contributed by atoms with Crippen molar-refractivity contribution in [3.63, 3.8) is 0 Å². The molecule has 1 aromatic heterocycles.